The Balaban J connectivity index is 3.30. The lowest BCUT2D eigenvalue weighted by Gasteiger charge is -2.22. The lowest BCUT2D eigenvalue weighted by atomic mass is 10.0. The highest BCUT2D eigenvalue weighted by Crippen LogP contribution is 2.19. The molecule has 6 nitrogen and oxygen atoms in total. The average molecular weight is 1110 g/mol. The molecule has 79 heavy (non-hydrogen) atoms. The van der Waals surface area contributed by atoms with E-state index in [1.165, 1.54) is 340 Å². The monoisotopic (exact) mass is 1110 g/mol. The van der Waals surface area contributed by atoms with E-state index in [1.807, 2.05) is 0 Å². The van der Waals surface area contributed by atoms with Crippen molar-refractivity contribution in [3.63, 3.8) is 0 Å². The molecule has 0 radical (unpaired) electrons. The minimum atomic E-state index is -0.660. The maximum atomic E-state index is 12.5. The maximum Gasteiger partial charge on any atom is 0.305 e. The van der Waals surface area contributed by atoms with Crippen molar-refractivity contribution in [3.05, 3.63) is 12.2 Å². The first-order chi connectivity index (χ1) is 39.0. The normalized spacial score (nSPS) is 12.5. The molecule has 0 aliphatic rings. The molecule has 0 spiro atoms. The number of amides is 1. The summed E-state index contributed by atoms with van der Waals surface area (Å²) >= 11 is 0. The molecule has 0 heterocycles. The number of esters is 1. The predicted molar refractivity (Wildman–Crippen MR) is 347 cm³/mol. The van der Waals surface area contributed by atoms with Crippen molar-refractivity contribution in [1.82, 2.24) is 5.32 Å². The van der Waals surface area contributed by atoms with E-state index in [0.717, 1.165) is 44.9 Å². The lowest BCUT2D eigenvalue weighted by molar-refractivity contribution is -0.143. The molecule has 2 unspecified atom stereocenters. The SMILES string of the molecule is CCCCCCCC/C=C\CCCCCCCCCC(=O)OCCCCCCCCCCCCCCCCCCCCCCCCCCCCCCCCCC(=O)NC(CO)C(O)CCCCCCCCCCCCCCCC. The van der Waals surface area contributed by atoms with Crippen LogP contribution in [0.1, 0.15) is 418 Å². The van der Waals surface area contributed by atoms with Crippen molar-refractivity contribution in [2.45, 2.75) is 431 Å². The highest BCUT2D eigenvalue weighted by molar-refractivity contribution is 5.76. The van der Waals surface area contributed by atoms with Crippen LogP contribution in [0.4, 0.5) is 0 Å². The fourth-order valence-corrected chi connectivity index (χ4v) is 11.8. The van der Waals surface area contributed by atoms with E-state index >= 15 is 0 Å². The van der Waals surface area contributed by atoms with Crippen LogP contribution < -0.4 is 5.32 Å². The molecule has 0 aromatic heterocycles. The van der Waals surface area contributed by atoms with Gasteiger partial charge in [0.15, 0.2) is 0 Å². The van der Waals surface area contributed by atoms with Gasteiger partial charge >= 0.3 is 5.97 Å². The van der Waals surface area contributed by atoms with Crippen LogP contribution in [0, 0.1) is 0 Å². The fourth-order valence-electron chi connectivity index (χ4n) is 11.8. The topological polar surface area (TPSA) is 95.9 Å². The predicted octanol–water partition coefficient (Wildman–Crippen LogP) is 23.5. The molecule has 3 N–H and O–H groups in total. The van der Waals surface area contributed by atoms with Gasteiger partial charge in [0, 0.05) is 12.8 Å². The van der Waals surface area contributed by atoms with Gasteiger partial charge < -0.3 is 20.3 Å². The number of unbranched alkanes of at least 4 members (excludes halogenated alkanes) is 56. The molecule has 0 aliphatic heterocycles. The number of aliphatic hydroxyl groups excluding tert-OH is 2. The summed E-state index contributed by atoms with van der Waals surface area (Å²) in [5.74, 6) is -0.00935. The van der Waals surface area contributed by atoms with Crippen LogP contribution in [0.3, 0.4) is 0 Å². The summed E-state index contributed by atoms with van der Waals surface area (Å²) in [5.41, 5.74) is 0. The highest BCUT2D eigenvalue weighted by atomic mass is 16.5. The summed E-state index contributed by atoms with van der Waals surface area (Å²) in [6, 6.07) is -0.537. The van der Waals surface area contributed by atoms with E-state index in [-0.39, 0.29) is 18.5 Å². The number of hydrogen-bond donors (Lipinski definition) is 3. The van der Waals surface area contributed by atoms with Crippen LogP contribution in [0.15, 0.2) is 12.2 Å². The molecule has 1 amide bonds. The minimum Gasteiger partial charge on any atom is -0.466 e. The third-order valence-corrected chi connectivity index (χ3v) is 17.3. The molecule has 0 saturated heterocycles. The molecule has 0 aromatic carbocycles. The quantitative estimate of drug-likeness (QED) is 0.0320. The third-order valence-electron chi connectivity index (χ3n) is 17.3. The molecule has 0 aliphatic carbocycles. The number of nitrogens with one attached hydrogen (secondary N) is 1. The van der Waals surface area contributed by atoms with Crippen molar-refractivity contribution in [2.24, 2.45) is 0 Å². The smallest absolute Gasteiger partial charge is 0.305 e. The molecule has 470 valence electrons. The Morgan fingerprint density at radius 3 is 0.899 bits per heavy atom. The van der Waals surface area contributed by atoms with E-state index in [4.69, 9.17) is 4.74 Å². The summed E-state index contributed by atoms with van der Waals surface area (Å²) in [6.45, 7) is 4.99. The van der Waals surface area contributed by atoms with Crippen molar-refractivity contribution >= 4 is 11.9 Å². The molecule has 0 saturated carbocycles. The van der Waals surface area contributed by atoms with Crippen LogP contribution in [0.5, 0.6) is 0 Å². The summed E-state index contributed by atoms with van der Waals surface area (Å²) < 4.78 is 5.51. The number of aliphatic hydroxyl groups is 2. The number of carbonyl (C=O) groups excluding carboxylic acids is 2. The molecular weight excluding hydrogens is 971 g/mol. The van der Waals surface area contributed by atoms with Gasteiger partial charge in [-0.25, -0.2) is 0 Å². The molecular formula is C73H143NO5. The van der Waals surface area contributed by atoms with Crippen molar-refractivity contribution < 1.29 is 24.5 Å². The summed E-state index contributed by atoms with van der Waals surface area (Å²) in [5, 5.41) is 23.3. The summed E-state index contributed by atoms with van der Waals surface area (Å²) in [4.78, 5) is 24.6. The Bertz CT molecular complexity index is 1190. The van der Waals surface area contributed by atoms with E-state index in [0.29, 0.717) is 25.9 Å². The average Bonchev–Trinajstić information content (AvgIpc) is 3.45. The zero-order chi connectivity index (χ0) is 57.1. The molecule has 2 atom stereocenters. The van der Waals surface area contributed by atoms with Crippen LogP contribution in [-0.2, 0) is 14.3 Å². The van der Waals surface area contributed by atoms with Crippen LogP contribution in [-0.4, -0.2) is 47.4 Å². The third kappa shape index (κ3) is 65.6. The zero-order valence-corrected chi connectivity index (χ0v) is 53.9. The van der Waals surface area contributed by atoms with E-state index in [9.17, 15) is 19.8 Å². The van der Waals surface area contributed by atoms with Crippen molar-refractivity contribution in [1.29, 1.82) is 0 Å². The van der Waals surface area contributed by atoms with E-state index < -0.39 is 12.1 Å². The number of carbonyl (C=O) groups is 2. The van der Waals surface area contributed by atoms with Crippen LogP contribution in [0.2, 0.25) is 0 Å². The van der Waals surface area contributed by atoms with Crippen LogP contribution >= 0.6 is 0 Å². The highest BCUT2D eigenvalue weighted by Gasteiger charge is 2.20. The lowest BCUT2D eigenvalue weighted by Crippen LogP contribution is -2.45. The van der Waals surface area contributed by atoms with Gasteiger partial charge in [-0.05, 0) is 51.4 Å². The van der Waals surface area contributed by atoms with E-state index in [2.05, 4.69) is 31.3 Å². The van der Waals surface area contributed by atoms with Crippen LogP contribution in [0.25, 0.3) is 0 Å². The Hall–Kier alpha value is -1.40. The second-order valence-corrected chi connectivity index (χ2v) is 25.3. The van der Waals surface area contributed by atoms with Gasteiger partial charge in [-0.1, -0.05) is 366 Å². The Morgan fingerprint density at radius 1 is 0.342 bits per heavy atom. The second kappa shape index (κ2) is 69.1. The molecule has 0 fully saturated rings. The van der Waals surface area contributed by atoms with Gasteiger partial charge in [0.2, 0.25) is 5.91 Å². The van der Waals surface area contributed by atoms with Gasteiger partial charge in [-0.3, -0.25) is 9.59 Å². The van der Waals surface area contributed by atoms with Crippen molar-refractivity contribution in [2.75, 3.05) is 13.2 Å². The standard InChI is InChI=1S/C73H143NO5/c1-3-5-7-9-11-13-15-17-19-35-39-43-47-51-55-59-63-67-73(78)79-68-64-60-56-52-48-44-40-37-34-32-30-28-26-24-22-20-21-23-25-27-29-31-33-36-38-42-46-50-54-58-62-66-72(77)74-70(69-75)71(76)65-61-57-53-49-45-41-18-16-14-12-10-8-6-4-2/h17,19,70-71,75-76H,3-16,18,20-69H2,1-2H3,(H,74,77)/b19-17-. The molecule has 6 heteroatoms. The van der Waals surface area contributed by atoms with Gasteiger partial charge in [0.25, 0.3) is 0 Å². The van der Waals surface area contributed by atoms with Gasteiger partial charge in [0.1, 0.15) is 0 Å². The van der Waals surface area contributed by atoms with Gasteiger partial charge in [-0.2, -0.15) is 0 Å². The molecule has 0 rings (SSSR count). The first kappa shape index (κ1) is 77.6. The van der Waals surface area contributed by atoms with E-state index in [1.54, 1.807) is 0 Å². The fraction of sp³-hybridized carbons (Fsp3) is 0.945. The zero-order valence-electron chi connectivity index (χ0n) is 53.9. The molecule has 0 aromatic rings. The number of ether oxygens (including phenoxy) is 1. The number of rotatable bonds is 69. The molecule has 0 bridgehead atoms. The first-order valence-corrected chi connectivity index (χ1v) is 36.4. The summed E-state index contributed by atoms with van der Waals surface area (Å²) in [7, 11) is 0. The minimum absolute atomic E-state index is 0.0183. The van der Waals surface area contributed by atoms with Gasteiger partial charge in [-0.15, -0.1) is 0 Å². The first-order valence-electron chi connectivity index (χ1n) is 36.4. The maximum absolute atomic E-state index is 12.5. The Kier molecular flexibility index (Phi) is 67.9. The largest absolute Gasteiger partial charge is 0.466 e. The number of hydrogen-bond acceptors (Lipinski definition) is 5. The van der Waals surface area contributed by atoms with Crippen molar-refractivity contribution in [3.8, 4) is 0 Å². The Labute approximate surface area is 495 Å². The van der Waals surface area contributed by atoms with Gasteiger partial charge in [0.05, 0.1) is 25.4 Å². The number of allylic oxidation sites excluding steroid dienone is 2. The Morgan fingerprint density at radius 2 is 0.595 bits per heavy atom. The summed E-state index contributed by atoms with van der Waals surface area (Å²) in [6.07, 6.45) is 85.6. The second-order valence-electron chi connectivity index (χ2n) is 25.3.